The Hall–Kier alpha value is -1.31. The fourth-order valence-electron chi connectivity index (χ4n) is 1.71. The largest absolute Gasteiger partial charge is 0.377 e. The number of nitrogens with zero attached hydrogens (tertiary/aromatic N) is 1. The average molecular weight is 321 g/mol. The standard InChI is InChI=1S/C14H13BrN2S/c1-9-3-4-11(7-16)5-13(9)17-10(2)14-6-12(15)8-18-14/h3-6,8,10,17H,1-2H3. The van der Waals surface area contributed by atoms with Gasteiger partial charge < -0.3 is 5.32 Å². The Kier molecular flexibility index (Phi) is 4.05. The second kappa shape index (κ2) is 5.55. The number of nitrogens with one attached hydrogen (secondary N) is 1. The Labute approximate surface area is 119 Å². The molecule has 2 nitrogen and oxygen atoms in total. The van der Waals surface area contributed by atoms with Gasteiger partial charge in [0.25, 0.3) is 0 Å². The molecule has 1 aromatic heterocycles. The summed E-state index contributed by atoms with van der Waals surface area (Å²) in [5.41, 5.74) is 2.85. The highest BCUT2D eigenvalue weighted by Crippen LogP contribution is 2.29. The zero-order chi connectivity index (χ0) is 13.1. The second-order valence-corrected chi connectivity index (χ2v) is 6.03. The number of rotatable bonds is 3. The lowest BCUT2D eigenvalue weighted by molar-refractivity contribution is 0.905. The van der Waals surface area contributed by atoms with Crippen LogP contribution in [0.25, 0.3) is 0 Å². The summed E-state index contributed by atoms with van der Waals surface area (Å²) < 4.78 is 1.11. The quantitative estimate of drug-likeness (QED) is 0.876. The van der Waals surface area contributed by atoms with Crippen LogP contribution in [0.5, 0.6) is 0 Å². The van der Waals surface area contributed by atoms with Crippen LogP contribution in [-0.2, 0) is 0 Å². The predicted octanol–water partition coefficient (Wildman–Crippen LogP) is 4.86. The number of aryl methyl sites for hydroxylation is 1. The highest BCUT2D eigenvalue weighted by atomic mass is 79.9. The Bertz CT molecular complexity index is 598. The van der Waals surface area contributed by atoms with Gasteiger partial charge in [0.1, 0.15) is 0 Å². The molecule has 0 bridgehead atoms. The SMILES string of the molecule is Cc1ccc(C#N)cc1NC(C)c1cc(Br)cs1. The smallest absolute Gasteiger partial charge is 0.0992 e. The maximum atomic E-state index is 8.93. The lowest BCUT2D eigenvalue weighted by Crippen LogP contribution is -2.06. The predicted molar refractivity (Wildman–Crippen MR) is 80.0 cm³/mol. The average Bonchev–Trinajstić information content (AvgIpc) is 2.79. The topological polar surface area (TPSA) is 35.8 Å². The van der Waals surface area contributed by atoms with E-state index >= 15 is 0 Å². The second-order valence-electron chi connectivity index (χ2n) is 4.17. The molecule has 1 N–H and O–H groups in total. The van der Waals surface area contributed by atoms with Crippen LogP contribution in [0, 0.1) is 18.3 Å². The van der Waals surface area contributed by atoms with Crippen LogP contribution in [0.2, 0.25) is 0 Å². The van der Waals surface area contributed by atoms with Crippen LogP contribution in [0.1, 0.15) is 29.0 Å². The molecule has 0 saturated heterocycles. The van der Waals surface area contributed by atoms with E-state index in [1.807, 2.05) is 25.1 Å². The van der Waals surface area contributed by atoms with Gasteiger partial charge in [0.05, 0.1) is 17.7 Å². The third kappa shape index (κ3) is 2.92. The van der Waals surface area contributed by atoms with E-state index in [1.54, 1.807) is 11.3 Å². The Morgan fingerprint density at radius 1 is 1.39 bits per heavy atom. The van der Waals surface area contributed by atoms with E-state index in [1.165, 1.54) is 4.88 Å². The first-order valence-electron chi connectivity index (χ1n) is 5.61. The van der Waals surface area contributed by atoms with Gasteiger partial charge in [-0.1, -0.05) is 6.07 Å². The molecule has 0 aliphatic heterocycles. The minimum absolute atomic E-state index is 0.231. The van der Waals surface area contributed by atoms with E-state index in [2.05, 4.69) is 45.7 Å². The van der Waals surface area contributed by atoms with E-state index < -0.39 is 0 Å². The van der Waals surface area contributed by atoms with Crippen LogP contribution < -0.4 is 5.32 Å². The third-order valence-corrected chi connectivity index (χ3v) is 4.63. The van der Waals surface area contributed by atoms with Crippen LogP contribution >= 0.6 is 27.3 Å². The number of hydrogen-bond acceptors (Lipinski definition) is 3. The molecule has 0 radical (unpaired) electrons. The summed E-state index contributed by atoms with van der Waals surface area (Å²) in [5.74, 6) is 0. The lowest BCUT2D eigenvalue weighted by Gasteiger charge is -2.16. The summed E-state index contributed by atoms with van der Waals surface area (Å²) in [6.45, 7) is 4.16. The maximum Gasteiger partial charge on any atom is 0.0992 e. The van der Waals surface area contributed by atoms with E-state index in [0.717, 1.165) is 15.7 Å². The van der Waals surface area contributed by atoms with Gasteiger partial charge in [0.2, 0.25) is 0 Å². The molecule has 0 amide bonds. The van der Waals surface area contributed by atoms with Gasteiger partial charge in [-0.3, -0.25) is 0 Å². The van der Waals surface area contributed by atoms with Crippen LogP contribution in [0.15, 0.2) is 34.1 Å². The summed E-state index contributed by atoms with van der Waals surface area (Å²) in [6.07, 6.45) is 0. The number of hydrogen-bond donors (Lipinski definition) is 1. The lowest BCUT2D eigenvalue weighted by atomic mass is 10.1. The Morgan fingerprint density at radius 2 is 2.17 bits per heavy atom. The summed E-state index contributed by atoms with van der Waals surface area (Å²) >= 11 is 5.18. The first kappa shape index (κ1) is 13.1. The minimum atomic E-state index is 0.231. The van der Waals surface area contributed by atoms with Gasteiger partial charge in [0, 0.05) is 20.4 Å². The molecule has 0 saturated carbocycles. The minimum Gasteiger partial charge on any atom is -0.377 e. The molecule has 2 aromatic rings. The molecule has 1 aromatic carbocycles. The molecule has 18 heavy (non-hydrogen) atoms. The molecule has 0 fully saturated rings. The highest BCUT2D eigenvalue weighted by molar-refractivity contribution is 9.10. The number of nitriles is 1. The molecular weight excluding hydrogens is 308 g/mol. The zero-order valence-electron chi connectivity index (χ0n) is 10.2. The molecule has 2 rings (SSSR count). The van der Waals surface area contributed by atoms with Crippen molar-refractivity contribution in [3.63, 3.8) is 0 Å². The first-order chi connectivity index (χ1) is 8.60. The molecule has 0 aliphatic carbocycles. The number of thiophene rings is 1. The van der Waals surface area contributed by atoms with Crippen molar-refractivity contribution in [3.8, 4) is 6.07 Å². The van der Waals surface area contributed by atoms with Crippen molar-refractivity contribution in [3.05, 3.63) is 50.1 Å². The molecular formula is C14H13BrN2S. The van der Waals surface area contributed by atoms with E-state index in [4.69, 9.17) is 5.26 Å². The van der Waals surface area contributed by atoms with Crippen molar-refractivity contribution < 1.29 is 0 Å². The van der Waals surface area contributed by atoms with E-state index in [9.17, 15) is 0 Å². The summed E-state index contributed by atoms with van der Waals surface area (Å²) in [4.78, 5) is 1.27. The van der Waals surface area contributed by atoms with Crippen LogP contribution in [0.3, 0.4) is 0 Å². The molecule has 92 valence electrons. The van der Waals surface area contributed by atoms with E-state index in [-0.39, 0.29) is 6.04 Å². The van der Waals surface area contributed by atoms with Crippen LogP contribution in [-0.4, -0.2) is 0 Å². The molecule has 0 spiro atoms. The van der Waals surface area contributed by atoms with Gasteiger partial charge in [-0.2, -0.15) is 5.26 Å². The fourth-order valence-corrected chi connectivity index (χ4v) is 3.16. The number of anilines is 1. The normalized spacial score (nSPS) is 11.9. The van der Waals surface area contributed by atoms with Gasteiger partial charge >= 0.3 is 0 Å². The number of halogens is 1. The van der Waals surface area contributed by atoms with Gasteiger partial charge in [0.15, 0.2) is 0 Å². The van der Waals surface area contributed by atoms with Crippen molar-refractivity contribution >= 4 is 33.0 Å². The van der Waals surface area contributed by atoms with Gasteiger partial charge in [-0.15, -0.1) is 11.3 Å². The van der Waals surface area contributed by atoms with Crippen molar-refractivity contribution in [1.29, 1.82) is 5.26 Å². The Morgan fingerprint density at radius 3 is 2.78 bits per heavy atom. The summed E-state index contributed by atoms with van der Waals surface area (Å²) in [5, 5.41) is 14.5. The third-order valence-electron chi connectivity index (χ3n) is 2.75. The van der Waals surface area contributed by atoms with Gasteiger partial charge in [-0.25, -0.2) is 0 Å². The summed E-state index contributed by atoms with van der Waals surface area (Å²) in [6, 6.07) is 10.2. The van der Waals surface area contributed by atoms with Crippen LogP contribution in [0.4, 0.5) is 5.69 Å². The zero-order valence-corrected chi connectivity index (χ0v) is 12.6. The summed E-state index contributed by atoms with van der Waals surface area (Å²) in [7, 11) is 0. The van der Waals surface area contributed by atoms with Gasteiger partial charge in [-0.05, 0) is 53.5 Å². The van der Waals surface area contributed by atoms with E-state index in [0.29, 0.717) is 5.56 Å². The Balaban J connectivity index is 2.21. The molecule has 1 atom stereocenters. The molecule has 1 heterocycles. The fraction of sp³-hybridized carbons (Fsp3) is 0.214. The highest BCUT2D eigenvalue weighted by Gasteiger charge is 2.09. The van der Waals surface area contributed by atoms with Crippen molar-refractivity contribution in [2.24, 2.45) is 0 Å². The number of benzene rings is 1. The maximum absolute atomic E-state index is 8.93. The van der Waals surface area contributed by atoms with Crippen molar-refractivity contribution in [2.75, 3.05) is 5.32 Å². The molecule has 4 heteroatoms. The molecule has 0 aliphatic rings. The molecule has 1 unspecified atom stereocenters. The van der Waals surface area contributed by atoms with Crippen molar-refractivity contribution in [2.45, 2.75) is 19.9 Å². The van der Waals surface area contributed by atoms with Crippen molar-refractivity contribution in [1.82, 2.24) is 0 Å². The first-order valence-corrected chi connectivity index (χ1v) is 7.28. The monoisotopic (exact) mass is 320 g/mol.